The fourth-order valence-electron chi connectivity index (χ4n) is 3.61. The van der Waals surface area contributed by atoms with E-state index in [1.54, 1.807) is 26.0 Å². The number of benzene rings is 3. The van der Waals surface area contributed by atoms with Gasteiger partial charge in [-0.1, -0.05) is 30.0 Å². The zero-order valence-electron chi connectivity index (χ0n) is 21.2. The molecule has 0 fully saturated rings. The molecule has 3 aromatic carbocycles. The number of carbonyl (C=O) groups excluding carboxylic acids is 1. The van der Waals surface area contributed by atoms with Gasteiger partial charge in [-0.3, -0.25) is 4.79 Å². The molecular formula is C29H30N4O3S. The van der Waals surface area contributed by atoms with Gasteiger partial charge in [0.1, 0.15) is 22.3 Å². The Hall–Kier alpha value is -4.04. The van der Waals surface area contributed by atoms with E-state index in [9.17, 15) is 4.79 Å². The van der Waals surface area contributed by atoms with Crippen molar-refractivity contribution in [3.63, 3.8) is 0 Å². The number of aromatic nitrogens is 2. The first kappa shape index (κ1) is 26.0. The van der Waals surface area contributed by atoms with Gasteiger partial charge in [-0.2, -0.15) is 0 Å². The van der Waals surface area contributed by atoms with Crippen molar-refractivity contribution < 1.29 is 14.3 Å². The minimum Gasteiger partial charge on any atom is -0.497 e. The Kier molecular flexibility index (Phi) is 8.99. The van der Waals surface area contributed by atoms with Crippen LogP contribution in [0.3, 0.4) is 0 Å². The molecule has 0 radical (unpaired) electrons. The van der Waals surface area contributed by atoms with E-state index < -0.39 is 0 Å². The zero-order valence-corrected chi connectivity index (χ0v) is 22.0. The average molecular weight is 515 g/mol. The smallest absolute Gasteiger partial charge is 0.226 e. The predicted octanol–water partition coefficient (Wildman–Crippen LogP) is 5.98. The lowest BCUT2D eigenvalue weighted by Crippen LogP contribution is -2.16. The Morgan fingerprint density at radius 3 is 2.41 bits per heavy atom. The van der Waals surface area contributed by atoms with E-state index in [1.165, 1.54) is 0 Å². The predicted molar refractivity (Wildman–Crippen MR) is 148 cm³/mol. The number of rotatable bonds is 11. The van der Waals surface area contributed by atoms with Crippen LogP contribution in [0.1, 0.15) is 23.4 Å². The molecule has 0 bridgehead atoms. The summed E-state index contributed by atoms with van der Waals surface area (Å²) in [6.45, 7) is 2.53. The van der Waals surface area contributed by atoms with E-state index in [0.29, 0.717) is 19.4 Å². The highest BCUT2D eigenvalue weighted by atomic mass is 32.2. The van der Waals surface area contributed by atoms with E-state index in [4.69, 9.17) is 14.5 Å². The minimum atomic E-state index is -0.0513. The number of aryl methyl sites for hydroxylation is 1. The van der Waals surface area contributed by atoms with E-state index in [0.717, 1.165) is 49.7 Å². The van der Waals surface area contributed by atoms with Crippen molar-refractivity contribution in [3.8, 4) is 11.5 Å². The highest BCUT2D eigenvalue weighted by Gasteiger charge is 2.09. The van der Waals surface area contributed by atoms with Crippen LogP contribution in [0.25, 0.3) is 0 Å². The first-order chi connectivity index (χ1) is 18.0. The summed E-state index contributed by atoms with van der Waals surface area (Å²) in [5.74, 6) is 2.30. The summed E-state index contributed by atoms with van der Waals surface area (Å²) < 4.78 is 10.5. The third-order valence-electron chi connectivity index (χ3n) is 5.58. The van der Waals surface area contributed by atoms with E-state index in [2.05, 4.69) is 15.6 Å². The molecule has 1 amide bonds. The molecule has 7 nitrogen and oxygen atoms in total. The second kappa shape index (κ2) is 12.8. The van der Waals surface area contributed by atoms with E-state index >= 15 is 0 Å². The van der Waals surface area contributed by atoms with Crippen molar-refractivity contribution in [3.05, 3.63) is 95.9 Å². The van der Waals surface area contributed by atoms with Gasteiger partial charge in [-0.25, -0.2) is 9.97 Å². The molecule has 0 saturated heterocycles. The van der Waals surface area contributed by atoms with Crippen LogP contribution < -0.4 is 20.1 Å². The summed E-state index contributed by atoms with van der Waals surface area (Å²) in [4.78, 5) is 22.7. The van der Waals surface area contributed by atoms with Crippen molar-refractivity contribution in [2.75, 3.05) is 31.4 Å². The summed E-state index contributed by atoms with van der Waals surface area (Å²) in [5.41, 5.74) is 3.78. The van der Waals surface area contributed by atoms with Crippen molar-refractivity contribution in [2.24, 2.45) is 0 Å². The molecule has 4 rings (SSSR count). The zero-order chi connectivity index (χ0) is 26.0. The lowest BCUT2D eigenvalue weighted by atomic mass is 10.1. The molecular weight excluding hydrogens is 484 g/mol. The minimum absolute atomic E-state index is 0.0513. The van der Waals surface area contributed by atoms with Crippen LogP contribution in [0.15, 0.2) is 88.9 Å². The number of nitrogens with zero attached hydrogens (tertiary/aromatic N) is 2. The van der Waals surface area contributed by atoms with Gasteiger partial charge in [-0.05, 0) is 66.6 Å². The van der Waals surface area contributed by atoms with Crippen LogP contribution in [0, 0.1) is 6.92 Å². The fraction of sp³-hybridized carbons (Fsp3) is 0.207. The highest BCUT2D eigenvalue weighted by molar-refractivity contribution is 7.99. The maximum Gasteiger partial charge on any atom is 0.226 e. The Bertz CT molecular complexity index is 1350. The molecule has 0 aliphatic carbocycles. The molecule has 37 heavy (non-hydrogen) atoms. The highest BCUT2D eigenvalue weighted by Crippen LogP contribution is 2.29. The van der Waals surface area contributed by atoms with Crippen molar-refractivity contribution >= 4 is 29.0 Å². The van der Waals surface area contributed by atoms with Crippen LogP contribution in [-0.4, -0.2) is 36.6 Å². The second-order valence-corrected chi connectivity index (χ2v) is 9.45. The topological polar surface area (TPSA) is 85.4 Å². The summed E-state index contributed by atoms with van der Waals surface area (Å²) >= 11 is 1.58. The molecule has 1 aromatic heterocycles. The van der Waals surface area contributed by atoms with Crippen LogP contribution in [0.2, 0.25) is 0 Å². The van der Waals surface area contributed by atoms with Crippen LogP contribution >= 0.6 is 11.8 Å². The van der Waals surface area contributed by atoms with Gasteiger partial charge < -0.3 is 20.1 Å². The van der Waals surface area contributed by atoms with Crippen molar-refractivity contribution in [2.45, 2.75) is 29.7 Å². The summed E-state index contributed by atoms with van der Waals surface area (Å²) in [6, 6.07) is 23.3. The maximum atomic E-state index is 12.4. The number of amides is 1. The van der Waals surface area contributed by atoms with Crippen molar-refractivity contribution in [1.29, 1.82) is 0 Å². The molecule has 0 spiro atoms. The molecule has 190 valence electrons. The lowest BCUT2D eigenvalue weighted by Gasteiger charge is -2.10. The third kappa shape index (κ3) is 7.72. The van der Waals surface area contributed by atoms with Crippen LogP contribution in [0.4, 0.5) is 11.4 Å². The molecule has 2 N–H and O–H groups in total. The van der Waals surface area contributed by atoms with Gasteiger partial charge in [0.15, 0.2) is 0 Å². The van der Waals surface area contributed by atoms with Gasteiger partial charge in [0.2, 0.25) is 5.91 Å². The molecule has 8 heteroatoms. The number of methoxy groups -OCH3 is 2. The largest absolute Gasteiger partial charge is 0.497 e. The molecule has 0 saturated carbocycles. The van der Waals surface area contributed by atoms with Gasteiger partial charge >= 0.3 is 0 Å². The number of ether oxygens (including phenoxy) is 2. The number of hydrogen-bond donors (Lipinski definition) is 2. The number of carbonyl (C=O) groups is 1. The summed E-state index contributed by atoms with van der Waals surface area (Å²) in [5, 5.41) is 7.10. The van der Waals surface area contributed by atoms with Gasteiger partial charge in [0.25, 0.3) is 0 Å². The number of anilines is 2. The van der Waals surface area contributed by atoms with E-state index in [-0.39, 0.29) is 5.91 Å². The first-order valence-electron chi connectivity index (χ1n) is 11.9. The van der Waals surface area contributed by atoms with Crippen molar-refractivity contribution in [1.82, 2.24) is 9.97 Å². The average Bonchev–Trinajstić information content (AvgIpc) is 2.92. The van der Waals surface area contributed by atoms with Gasteiger partial charge in [0, 0.05) is 47.9 Å². The molecule has 1 heterocycles. The van der Waals surface area contributed by atoms with E-state index in [1.807, 2.05) is 85.9 Å². The first-order valence-corrected chi connectivity index (χ1v) is 12.7. The molecule has 0 aliphatic heterocycles. The normalized spacial score (nSPS) is 10.6. The maximum absolute atomic E-state index is 12.4. The molecule has 0 unspecified atom stereocenters. The van der Waals surface area contributed by atoms with Crippen LogP contribution in [0.5, 0.6) is 11.5 Å². The Balaban J connectivity index is 1.30. The monoisotopic (exact) mass is 514 g/mol. The Labute approximate surface area is 221 Å². The summed E-state index contributed by atoms with van der Waals surface area (Å²) in [7, 11) is 3.29. The lowest BCUT2D eigenvalue weighted by molar-refractivity contribution is -0.115. The quantitative estimate of drug-likeness (QED) is 0.238. The SMILES string of the molecule is COc1cccc(Cc2ncc(C)c(Sc3ccc(NC(=O)CCNc4cccc(OC)c4)cc3)n2)c1. The Morgan fingerprint density at radius 2 is 1.65 bits per heavy atom. The van der Waals surface area contributed by atoms with Gasteiger partial charge in [-0.15, -0.1) is 0 Å². The van der Waals surface area contributed by atoms with Gasteiger partial charge in [0.05, 0.1) is 14.2 Å². The fourth-order valence-corrected chi connectivity index (χ4v) is 4.47. The van der Waals surface area contributed by atoms with Crippen LogP contribution in [-0.2, 0) is 11.2 Å². The summed E-state index contributed by atoms with van der Waals surface area (Å²) in [6.07, 6.45) is 2.84. The Morgan fingerprint density at radius 1 is 0.919 bits per heavy atom. The second-order valence-electron chi connectivity index (χ2n) is 8.39. The number of nitrogens with one attached hydrogen (secondary N) is 2. The molecule has 0 atom stereocenters. The molecule has 4 aromatic rings. The molecule has 0 aliphatic rings. The standard InChI is InChI=1S/C29H30N4O3S/c1-20-19-31-27(17-21-6-4-8-24(16-21)35-2)33-29(20)37-26-12-10-22(11-13-26)32-28(34)14-15-30-23-7-5-9-25(18-23)36-3/h4-13,16,18-19,30H,14-15,17H2,1-3H3,(H,32,34). The third-order valence-corrected chi connectivity index (χ3v) is 6.69. The number of hydrogen-bond acceptors (Lipinski definition) is 7.